The lowest BCUT2D eigenvalue weighted by atomic mass is 10.2. The van der Waals surface area contributed by atoms with Gasteiger partial charge in [-0.1, -0.05) is 42.1 Å². The number of ether oxygens (including phenoxy) is 1. The van der Waals surface area contributed by atoms with E-state index in [0.717, 1.165) is 0 Å². The normalized spacial score (nSPS) is 12.1. The van der Waals surface area contributed by atoms with Crippen molar-refractivity contribution in [3.05, 3.63) is 65.0 Å². The molecule has 1 aromatic heterocycles. The molecule has 1 heterocycles. The summed E-state index contributed by atoms with van der Waals surface area (Å²) >= 11 is 1.20. The number of nitrogens with zero attached hydrogens (tertiary/aromatic N) is 2. The Kier molecular flexibility index (Phi) is 4.66. The zero-order chi connectivity index (χ0) is 17.1. The lowest BCUT2D eigenvalue weighted by Gasteiger charge is -2.15. The Morgan fingerprint density at radius 2 is 1.79 bits per heavy atom. The summed E-state index contributed by atoms with van der Waals surface area (Å²) in [5.41, 5.74) is 1.15. The monoisotopic (exact) mass is 340 g/mol. The summed E-state index contributed by atoms with van der Waals surface area (Å²) in [4.78, 5) is 29.3. The van der Waals surface area contributed by atoms with E-state index in [2.05, 4.69) is 4.98 Å². The minimum absolute atomic E-state index is 0.161. The third kappa shape index (κ3) is 3.05. The standard InChI is InChI=1S/C18H16N2O3S/c1-12(17(22)23-2)24-18-19-15-11-7-6-10-14(15)16(21)20(18)13-8-4-3-5-9-13/h3-12H,1-2H3/t12-/m0/s1. The number of hydrogen-bond donors (Lipinski definition) is 0. The average molecular weight is 340 g/mol. The number of hydrogen-bond acceptors (Lipinski definition) is 5. The maximum Gasteiger partial charge on any atom is 0.318 e. The highest BCUT2D eigenvalue weighted by molar-refractivity contribution is 8.00. The van der Waals surface area contributed by atoms with Crippen LogP contribution < -0.4 is 5.56 Å². The van der Waals surface area contributed by atoms with Crippen LogP contribution in [-0.2, 0) is 9.53 Å². The summed E-state index contributed by atoms with van der Waals surface area (Å²) in [5, 5.41) is 0.525. The van der Waals surface area contributed by atoms with Crippen molar-refractivity contribution in [2.75, 3.05) is 7.11 Å². The van der Waals surface area contributed by atoms with Crippen LogP contribution in [0.1, 0.15) is 6.92 Å². The molecule has 0 spiro atoms. The summed E-state index contributed by atoms with van der Waals surface area (Å²) in [6.07, 6.45) is 0. The number of rotatable bonds is 4. The Labute approximate surface area is 143 Å². The van der Waals surface area contributed by atoms with Crippen molar-refractivity contribution >= 4 is 28.6 Å². The summed E-state index contributed by atoms with van der Waals surface area (Å²) in [6.45, 7) is 1.73. The van der Waals surface area contributed by atoms with Gasteiger partial charge < -0.3 is 4.74 Å². The molecule has 0 saturated heterocycles. The highest BCUT2D eigenvalue weighted by Gasteiger charge is 2.20. The topological polar surface area (TPSA) is 61.2 Å². The molecule has 0 aliphatic rings. The van der Waals surface area contributed by atoms with E-state index in [-0.39, 0.29) is 11.5 Å². The van der Waals surface area contributed by atoms with Crippen LogP contribution in [0.2, 0.25) is 0 Å². The van der Waals surface area contributed by atoms with E-state index in [9.17, 15) is 9.59 Å². The molecule has 0 N–H and O–H groups in total. The predicted molar refractivity (Wildman–Crippen MR) is 94.7 cm³/mol. The molecule has 0 radical (unpaired) electrons. The zero-order valence-corrected chi connectivity index (χ0v) is 14.1. The van der Waals surface area contributed by atoms with Gasteiger partial charge >= 0.3 is 5.97 Å². The Hall–Kier alpha value is -2.60. The summed E-state index contributed by atoms with van der Waals surface area (Å²) in [6, 6.07) is 16.5. The van der Waals surface area contributed by atoms with Crippen LogP contribution in [0, 0.1) is 0 Å². The van der Waals surface area contributed by atoms with Gasteiger partial charge in [0.1, 0.15) is 5.25 Å². The molecular weight excluding hydrogens is 324 g/mol. The van der Waals surface area contributed by atoms with Crippen molar-refractivity contribution in [3.63, 3.8) is 0 Å². The number of aromatic nitrogens is 2. The number of fused-ring (bicyclic) bond motifs is 1. The molecule has 1 atom stereocenters. The van der Waals surface area contributed by atoms with Crippen molar-refractivity contribution in [2.45, 2.75) is 17.3 Å². The Balaban J connectivity index is 2.22. The van der Waals surface area contributed by atoms with Gasteiger partial charge in [-0.25, -0.2) is 4.98 Å². The molecule has 0 bridgehead atoms. The van der Waals surface area contributed by atoms with Gasteiger partial charge in [-0.2, -0.15) is 0 Å². The Morgan fingerprint density at radius 1 is 1.12 bits per heavy atom. The maximum absolute atomic E-state index is 13.0. The average Bonchev–Trinajstić information content (AvgIpc) is 2.62. The van der Waals surface area contributed by atoms with Gasteiger partial charge in [-0.05, 0) is 31.2 Å². The number of carbonyl (C=O) groups excluding carboxylic acids is 1. The van der Waals surface area contributed by atoms with Crippen LogP contribution in [0.25, 0.3) is 16.6 Å². The first-order valence-corrected chi connectivity index (χ1v) is 8.31. The van der Waals surface area contributed by atoms with E-state index < -0.39 is 5.25 Å². The fourth-order valence-corrected chi connectivity index (χ4v) is 3.32. The van der Waals surface area contributed by atoms with Crippen molar-refractivity contribution < 1.29 is 9.53 Å². The molecule has 5 nitrogen and oxygen atoms in total. The van der Waals surface area contributed by atoms with Crippen molar-refractivity contribution in [2.24, 2.45) is 0 Å². The van der Waals surface area contributed by atoms with Crippen molar-refractivity contribution in [3.8, 4) is 5.69 Å². The van der Waals surface area contributed by atoms with Gasteiger partial charge in [0.15, 0.2) is 5.16 Å². The number of esters is 1. The second-order valence-corrected chi connectivity index (χ2v) is 6.48. The molecule has 0 aliphatic carbocycles. The zero-order valence-electron chi connectivity index (χ0n) is 13.3. The molecule has 6 heteroatoms. The largest absolute Gasteiger partial charge is 0.468 e. The molecule has 0 unspecified atom stereocenters. The Bertz CT molecular complexity index is 938. The lowest BCUT2D eigenvalue weighted by molar-refractivity contribution is -0.139. The van der Waals surface area contributed by atoms with Crippen LogP contribution in [-0.4, -0.2) is 27.9 Å². The van der Waals surface area contributed by atoms with Crippen molar-refractivity contribution in [1.82, 2.24) is 9.55 Å². The molecular formula is C18H16N2O3S. The summed E-state index contributed by atoms with van der Waals surface area (Å²) < 4.78 is 6.31. The van der Waals surface area contributed by atoms with Gasteiger partial charge in [0.05, 0.1) is 23.7 Å². The van der Waals surface area contributed by atoms with Gasteiger partial charge in [0.2, 0.25) is 0 Å². The molecule has 2 aromatic carbocycles. The van der Waals surface area contributed by atoms with Crippen LogP contribution in [0.3, 0.4) is 0 Å². The third-order valence-corrected chi connectivity index (χ3v) is 4.61. The van der Waals surface area contributed by atoms with Crippen LogP contribution in [0.15, 0.2) is 64.5 Å². The SMILES string of the molecule is COC(=O)[C@H](C)Sc1nc2ccccc2c(=O)n1-c1ccccc1. The molecule has 122 valence electrons. The number of carbonyl (C=O) groups is 1. The molecule has 0 fully saturated rings. The first-order valence-electron chi connectivity index (χ1n) is 7.43. The van der Waals surface area contributed by atoms with Gasteiger partial charge in [-0.15, -0.1) is 0 Å². The highest BCUT2D eigenvalue weighted by Crippen LogP contribution is 2.25. The molecule has 0 aliphatic heterocycles. The molecule has 0 saturated carbocycles. The van der Waals surface area contributed by atoms with E-state index in [0.29, 0.717) is 21.7 Å². The van der Waals surface area contributed by atoms with E-state index >= 15 is 0 Å². The minimum Gasteiger partial charge on any atom is -0.468 e. The second kappa shape index (κ2) is 6.88. The third-order valence-electron chi connectivity index (χ3n) is 3.57. The second-order valence-electron chi connectivity index (χ2n) is 5.17. The minimum atomic E-state index is -0.474. The fraction of sp³-hybridized carbons (Fsp3) is 0.167. The summed E-state index contributed by atoms with van der Waals surface area (Å²) in [7, 11) is 1.34. The van der Waals surface area contributed by atoms with Crippen LogP contribution in [0.4, 0.5) is 0 Å². The van der Waals surface area contributed by atoms with Crippen LogP contribution in [0.5, 0.6) is 0 Å². The number of methoxy groups -OCH3 is 1. The summed E-state index contributed by atoms with van der Waals surface area (Å²) in [5.74, 6) is -0.359. The number of para-hydroxylation sites is 2. The molecule has 0 amide bonds. The maximum atomic E-state index is 13.0. The number of benzene rings is 2. The van der Waals surface area contributed by atoms with Crippen LogP contribution >= 0.6 is 11.8 Å². The molecule has 3 rings (SSSR count). The Morgan fingerprint density at radius 3 is 2.50 bits per heavy atom. The van der Waals surface area contributed by atoms with Gasteiger partial charge in [0, 0.05) is 0 Å². The first kappa shape index (κ1) is 16.3. The van der Waals surface area contributed by atoms with E-state index in [4.69, 9.17) is 4.74 Å². The van der Waals surface area contributed by atoms with Gasteiger partial charge in [0.25, 0.3) is 5.56 Å². The van der Waals surface area contributed by atoms with Gasteiger partial charge in [-0.3, -0.25) is 14.2 Å². The molecule has 3 aromatic rings. The first-order chi connectivity index (χ1) is 11.6. The highest BCUT2D eigenvalue weighted by atomic mass is 32.2. The van der Waals surface area contributed by atoms with Crippen molar-refractivity contribution in [1.29, 1.82) is 0 Å². The fourth-order valence-electron chi connectivity index (χ4n) is 2.37. The number of thioether (sulfide) groups is 1. The lowest BCUT2D eigenvalue weighted by Crippen LogP contribution is -2.24. The quantitative estimate of drug-likeness (QED) is 0.415. The van der Waals surface area contributed by atoms with E-state index in [1.165, 1.54) is 23.4 Å². The van der Waals surface area contributed by atoms with E-state index in [1.54, 1.807) is 19.1 Å². The predicted octanol–water partition coefficient (Wildman–Crippen LogP) is 3.04. The smallest absolute Gasteiger partial charge is 0.318 e. The molecule has 24 heavy (non-hydrogen) atoms. The van der Waals surface area contributed by atoms with E-state index in [1.807, 2.05) is 42.5 Å².